The van der Waals surface area contributed by atoms with Gasteiger partial charge in [0, 0.05) is 11.6 Å². The normalized spacial score (nSPS) is 16.5. The largest absolute Gasteiger partial charge is 0.480 e. The first-order valence-corrected chi connectivity index (χ1v) is 12.2. The molecule has 168 valence electrons. The molecule has 3 aromatic rings. The highest BCUT2D eigenvalue weighted by atomic mass is 35.5. The fourth-order valence-electron chi connectivity index (χ4n) is 4.07. The number of hydrogen-bond donors (Lipinski definition) is 1. The van der Waals surface area contributed by atoms with Gasteiger partial charge < -0.3 is 10.0 Å². The third-order valence-electron chi connectivity index (χ3n) is 5.50. The highest BCUT2D eigenvalue weighted by Gasteiger charge is 2.39. The molecule has 2 aromatic carbocycles. The molecular formula is C22H21Cl2N3O4S. The van der Waals surface area contributed by atoms with Crippen molar-refractivity contribution in [2.45, 2.75) is 42.1 Å². The van der Waals surface area contributed by atoms with Crippen molar-refractivity contribution in [3.05, 3.63) is 69.8 Å². The minimum atomic E-state index is -4.07. The predicted molar refractivity (Wildman–Crippen MR) is 122 cm³/mol. The van der Waals surface area contributed by atoms with Crippen molar-refractivity contribution in [3.63, 3.8) is 0 Å². The van der Waals surface area contributed by atoms with Crippen LogP contribution >= 0.6 is 23.2 Å². The van der Waals surface area contributed by atoms with Crippen LogP contribution in [-0.2, 0) is 21.2 Å². The van der Waals surface area contributed by atoms with Gasteiger partial charge in [-0.25, -0.2) is 17.9 Å². The van der Waals surface area contributed by atoms with Crippen molar-refractivity contribution in [3.8, 4) is 0 Å². The molecule has 4 rings (SSSR count). The number of halogens is 2. The van der Waals surface area contributed by atoms with Gasteiger partial charge in [-0.15, -0.1) is 0 Å². The minimum Gasteiger partial charge on any atom is -0.480 e. The lowest BCUT2D eigenvalue weighted by Gasteiger charge is -2.26. The lowest BCUT2D eigenvalue weighted by molar-refractivity contribution is -0.138. The molecule has 10 heteroatoms. The van der Waals surface area contributed by atoms with E-state index in [-0.39, 0.29) is 32.9 Å². The number of carboxylic acids is 1. The molecule has 1 N–H and O–H groups in total. The topological polar surface area (TPSA) is 92.5 Å². The number of aryl methyl sites for hydroxylation is 1. The van der Waals surface area contributed by atoms with E-state index in [4.69, 9.17) is 23.2 Å². The maximum absolute atomic E-state index is 13.7. The molecule has 0 spiro atoms. The predicted octanol–water partition coefficient (Wildman–Crippen LogP) is 4.43. The van der Waals surface area contributed by atoms with E-state index in [2.05, 4.69) is 5.10 Å². The number of sulfone groups is 1. The van der Waals surface area contributed by atoms with Gasteiger partial charge in [0.2, 0.25) is 9.84 Å². The molecule has 1 aliphatic rings. The van der Waals surface area contributed by atoms with Crippen LogP contribution in [0.1, 0.15) is 24.1 Å². The standard InChI is InChI=1S/C22H21Cl2N3O4S/c1-14-20(32(30,31)19-7-3-2-5-17(19)24)21(26-12-4-6-18(26)22(28)29)27(25-14)13-15-8-10-16(23)11-9-15/h2-3,5,7-11,18H,4,6,12-13H2,1H3,(H,28,29). The average Bonchev–Trinajstić information content (AvgIpc) is 3.34. The first-order valence-electron chi connectivity index (χ1n) is 10.0. The summed E-state index contributed by atoms with van der Waals surface area (Å²) in [6.45, 7) is 2.28. The Morgan fingerprint density at radius 3 is 2.50 bits per heavy atom. The summed E-state index contributed by atoms with van der Waals surface area (Å²) in [4.78, 5) is 13.5. The second-order valence-electron chi connectivity index (χ2n) is 7.65. The van der Waals surface area contributed by atoms with Gasteiger partial charge in [0.05, 0.1) is 22.2 Å². The Balaban J connectivity index is 1.92. The SMILES string of the molecule is Cc1nn(Cc2ccc(Cl)cc2)c(N2CCCC2C(=O)O)c1S(=O)(=O)c1ccccc1Cl. The molecule has 1 fully saturated rings. The Bertz CT molecular complexity index is 1270. The van der Waals surface area contributed by atoms with E-state index in [0.717, 1.165) is 5.56 Å². The van der Waals surface area contributed by atoms with E-state index >= 15 is 0 Å². The lowest BCUT2D eigenvalue weighted by Crippen LogP contribution is -2.38. The van der Waals surface area contributed by atoms with Gasteiger partial charge in [-0.2, -0.15) is 5.10 Å². The molecule has 0 radical (unpaired) electrons. The van der Waals surface area contributed by atoms with Crippen molar-refractivity contribution in [2.24, 2.45) is 0 Å². The molecular weight excluding hydrogens is 473 g/mol. The Morgan fingerprint density at radius 2 is 1.84 bits per heavy atom. The Kier molecular flexibility index (Phi) is 6.20. The van der Waals surface area contributed by atoms with Crippen LogP contribution in [0.15, 0.2) is 58.3 Å². The first kappa shape index (κ1) is 22.6. The monoisotopic (exact) mass is 493 g/mol. The second kappa shape index (κ2) is 8.77. The highest BCUT2D eigenvalue weighted by Crippen LogP contribution is 2.39. The molecule has 7 nitrogen and oxygen atoms in total. The fourth-order valence-corrected chi connectivity index (χ4v) is 6.33. The Morgan fingerprint density at radius 1 is 1.16 bits per heavy atom. The number of anilines is 1. The molecule has 1 unspecified atom stereocenters. The number of aliphatic carboxylic acids is 1. The van der Waals surface area contributed by atoms with Crippen molar-refractivity contribution in [2.75, 3.05) is 11.4 Å². The Hall–Kier alpha value is -2.55. The highest BCUT2D eigenvalue weighted by molar-refractivity contribution is 7.91. The van der Waals surface area contributed by atoms with Crippen molar-refractivity contribution in [1.29, 1.82) is 0 Å². The van der Waals surface area contributed by atoms with Crippen LogP contribution in [0.25, 0.3) is 0 Å². The summed E-state index contributed by atoms with van der Waals surface area (Å²) in [7, 11) is -4.07. The summed E-state index contributed by atoms with van der Waals surface area (Å²) in [6, 6.07) is 12.5. The zero-order valence-corrected chi connectivity index (χ0v) is 19.5. The van der Waals surface area contributed by atoms with Gasteiger partial charge in [-0.1, -0.05) is 47.5 Å². The van der Waals surface area contributed by atoms with Crippen LogP contribution in [0.2, 0.25) is 10.0 Å². The molecule has 0 saturated carbocycles. The van der Waals surface area contributed by atoms with E-state index in [0.29, 0.717) is 24.4 Å². The average molecular weight is 494 g/mol. The molecule has 0 aliphatic carbocycles. The van der Waals surface area contributed by atoms with E-state index in [9.17, 15) is 18.3 Å². The first-order chi connectivity index (χ1) is 15.2. The number of benzene rings is 2. The number of carbonyl (C=O) groups is 1. The smallest absolute Gasteiger partial charge is 0.326 e. The van der Waals surface area contributed by atoms with Gasteiger partial charge in [-0.3, -0.25) is 0 Å². The number of nitrogens with zero attached hydrogens (tertiary/aromatic N) is 3. The van der Waals surface area contributed by atoms with Crippen LogP contribution in [0.5, 0.6) is 0 Å². The number of aromatic nitrogens is 2. The Labute approximate surface area is 196 Å². The van der Waals surface area contributed by atoms with Gasteiger partial charge in [-0.05, 0) is 49.6 Å². The fraction of sp³-hybridized carbons (Fsp3) is 0.273. The second-order valence-corrected chi connectivity index (χ2v) is 10.3. The molecule has 1 aliphatic heterocycles. The molecule has 1 saturated heterocycles. The van der Waals surface area contributed by atoms with Gasteiger partial charge in [0.1, 0.15) is 16.8 Å². The summed E-state index contributed by atoms with van der Waals surface area (Å²) in [6.07, 6.45) is 1.06. The lowest BCUT2D eigenvalue weighted by atomic mass is 10.2. The zero-order chi connectivity index (χ0) is 23.0. The number of hydrogen-bond acceptors (Lipinski definition) is 5. The van der Waals surface area contributed by atoms with E-state index in [1.165, 1.54) is 12.1 Å². The van der Waals surface area contributed by atoms with Gasteiger partial charge >= 0.3 is 5.97 Å². The quantitative estimate of drug-likeness (QED) is 0.545. The summed E-state index contributed by atoms with van der Waals surface area (Å²) in [5.41, 5.74) is 1.14. The van der Waals surface area contributed by atoms with Crippen LogP contribution in [0.4, 0.5) is 5.82 Å². The molecule has 32 heavy (non-hydrogen) atoms. The molecule has 0 bridgehead atoms. The van der Waals surface area contributed by atoms with Crippen molar-refractivity contribution >= 4 is 44.8 Å². The minimum absolute atomic E-state index is 0.0206. The van der Waals surface area contributed by atoms with Crippen molar-refractivity contribution < 1.29 is 18.3 Å². The summed E-state index contributed by atoms with van der Waals surface area (Å²) < 4.78 is 29.0. The zero-order valence-electron chi connectivity index (χ0n) is 17.2. The maximum Gasteiger partial charge on any atom is 0.326 e. The molecule has 1 atom stereocenters. The van der Waals surface area contributed by atoms with E-state index < -0.39 is 21.8 Å². The van der Waals surface area contributed by atoms with Crippen LogP contribution in [0.3, 0.4) is 0 Å². The third kappa shape index (κ3) is 4.10. The third-order valence-corrected chi connectivity index (χ3v) is 8.14. The van der Waals surface area contributed by atoms with Crippen LogP contribution in [0, 0.1) is 6.92 Å². The number of rotatable bonds is 6. The van der Waals surface area contributed by atoms with Gasteiger partial charge in [0.15, 0.2) is 0 Å². The van der Waals surface area contributed by atoms with E-state index in [1.54, 1.807) is 40.8 Å². The summed E-state index contributed by atoms with van der Waals surface area (Å²) in [5.74, 6) is -0.734. The van der Waals surface area contributed by atoms with Gasteiger partial charge in [0.25, 0.3) is 0 Å². The molecule has 2 heterocycles. The maximum atomic E-state index is 13.7. The van der Waals surface area contributed by atoms with E-state index in [1.807, 2.05) is 12.1 Å². The number of carboxylic acid groups (broad SMARTS) is 1. The van der Waals surface area contributed by atoms with Crippen LogP contribution in [-0.4, -0.2) is 41.9 Å². The molecule has 0 amide bonds. The van der Waals surface area contributed by atoms with Crippen LogP contribution < -0.4 is 4.90 Å². The van der Waals surface area contributed by atoms with Crippen molar-refractivity contribution in [1.82, 2.24) is 9.78 Å². The molecule has 1 aromatic heterocycles. The summed E-state index contributed by atoms with van der Waals surface area (Å²) >= 11 is 12.2. The summed E-state index contributed by atoms with van der Waals surface area (Å²) in [5, 5.41) is 15.0.